The first-order valence-electron chi connectivity index (χ1n) is 12.9. The number of esters is 1. The van der Waals surface area contributed by atoms with Crippen LogP contribution in [0.15, 0.2) is 79.0 Å². The molecule has 4 aromatic rings. The summed E-state index contributed by atoms with van der Waals surface area (Å²) < 4.78 is 6.41. The monoisotopic (exact) mass is 464 g/mol. The summed E-state index contributed by atoms with van der Waals surface area (Å²) in [6.07, 6.45) is 5.40. The van der Waals surface area contributed by atoms with Crippen molar-refractivity contribution in [2.75, 3.05) is 13.1 Å². The van der Waals surface area contributed by atoms with Gasteiger partial charge in [0.2, 0.25) is 0 Å². The minimum atomic E-state index is -0.295. The zero-order valence-electron chi connectivity index (χ0n) is 20.3. The van der Waals surface area contributed by atoms with Crippen molar-refractivity contribution in [1.29, 1.82) is 0 Å². The molecule has 0 spiro atoms. The molecule has 0 N–H and O–H groups in total. The molecule has 0 saturated carbocycles. The standard InChI is InChI=1S/C31H32N2O2/c1-2-22-20-33-16-14-25(22)19-29(33)31(27-13-15-32-28-10-6-5-9-26(27)28)35-30(34)18-21-11-12-23-7-3-4-8-24(23)17-21/h3-13,15,17,22,25,29,31H,2,14,16,18-20H2,1H3/t22-,25-,29-,31+/m0/s1. The van der Waals surface area contributed by atoms with E-state index < -0.39 is 0 Å². The summed E-state index contributed by atoms with van der Waals surface area (Å²) in [7, 11) is 0. The van der Waals surface area contributed by atoms with Crippen LogP contribution < -0.4 is 0 Å². The van der Waals surface area contributed by atoms with Crippen LogP contribution in [0.1, 0.15) is 43.4 Å². The first-order valence-corrected chi connectivity index (χ1v) is 12.9. The number of hydrogen-bond donors (Lipinski definition) is 0. The highest BCUT2D eigenvalue weighted by Crippen LogP contribution is 2.44. The molecule has 0 aliphatic carbocycles. The summed E-state index contributed by atoms with van der Waals surface area (Å²) >= 11 is 0. The zero-order chi connectivity index (χ0) is 23.8. The molecular weight excluding hydrogens is 432 g/mol. The van der Waals surface area contributed by atoms with Gasteiger partial charge in [-0.3, -0.25) is 14.7 Å². The number of pyridine rings is 1. The Morgan fingerprint density at radius 1 is 1.06 bits per heavy atom. The fraction of sp³-hybridized carbons (Fsp3) is 0.355. The molecule has 3 fully saturated rings. The van der Waals surface area contributed by atoms with E-state index in [9.17, 15) is 4.79 Å². The Morgan fingerprint density at radius 2 is 1.89 bits per heavy atom. The molecule has 3 aliphatic rings. The predicted molar refractivity (Wildman–Crippen MR) is 140 cm³/mol. The van der Waals surface area contributed by atoms with Gasteiger partial charge in [-0.15, -0.1) is 0 Å². The summed E-state index contributed by atoms with van der Waals surface area (Å²) in [4.78, 5) is 20.5. The molecule has 178 valence electrons. The van der Waals surface area contributed by atoms with E-state index in [4.69, 9.17) is 4.74 Å². The lowest BCUT2D eigenvalue weighted by Crippen LogP contribution is -2.55. The van der Waals surface area contributed by atoms with Crippen molar-refractivity contribution in [3.8, 4) is 0 Å². The number of carbonyl (C=O) groups is 1. The van der Waals surface area contributed by atoms with E-state index >= 15 is 0 Å². The Morgan fingerprint density at radius 3 is 2.71 bits per heavy atom. The molecule has 0 amide bonds. The second-order valence-corrected chi connectivity index (χ2v) is 10.2. The molecule has 3 aliphatic heterocycles. The number of para-hydroxylation sites is 1. The minimum Gasteiger partial charge on any atom is -0.456 e. The van der Waals surface area contributed by atoms with Gasteiger partial charge in [0.15, 0.2) is 0 Å². The Hall–Kier alpha value is -3.24. The lowest BCUT2D eigenvalue weighted by atomic mass is 9.72. The van der Waals surface area contributed by atoms with Gasteiger partial charge in [0.05, 0.1) is 18.0 Å². The second-order valence-electron chi connectivity index (χ2n) is 10.2. The molecule has 0 radical (unpaired) electrons. The molecule has 3 saturated heterocycles. The van der Waals surface area contributed by atoms with Crippen molar-refractivity contribution >= 4 is 27.6 Å². The quantitative estimate of drug-likeness (QED) is 0.313. The van der Waals surface area contributed by atoms with E-state index in [1.165, 1.54) is 18.2 Å². The second kappa shape index (κ2) is 9.43. The number of hydrogen-bond acceptors (Lipinski definition) is 4. The predicted octanol–water partition coefficient (Wildman–Crippen LogP) is 6.34. The van der Waals surface area contributed by atoms with Crippen LogP contribution in [0, 0.1) is 11.8 Å². The van der Waals surface area contributed by atoms with Crippen LogP contribution in [-0.2, 0) is 16.0 Å². The number of fused-ring (bicyclic) bond motifs is 5. The van der Waals surface area contributed by atoms with Gasteiger partial charge < -0.3 is 4.74 Å². The Labute approximate surface area is 206 Å². The highest BCUT2D eigenvalue weighted by molar-refractivity contribution is 5.85. The summed E-state index contributed by atoms with van der Waals surface area (Å²) in [5, 5.41) is 3.41. The number of ether oxygens (including phenoxy) is 1. The van der Waals surface area contributed by atoms with Crippen LogP contribution in [0.3, 0.4) is 0 Å². The average molecular weight is 465 g/mol. The zero-order valence-corrected chi connectivity index (χ0v) is 20.3. The molecule has 35 heavy (non-hydrogen) atoms. The van der Waals surface area contributed by atoms with Crippen molar-refractivity contribution in [3.63, 3.8) is 0 Å². The van der Waals surface area contributed by atoms with Crippen molar-refractivity contribution in [3.05, 3.63) is 90.1 Å². The van der Waals surface area contributed by atoms with E-state index in [1.54, 1.807) is 0 Å². The SMILES string of the molecule is CC[C@H]1CN2CC[C@H]1C[C@H]2[C@H](OC(=O)Cc1ccc2ccccc2c1)c1ccnc2ccccc12. The highest BCUT2D eigenvalue weighted by Gasteiger charge is 2.44. The first-order chi connectivity index (χ1) is 17.2. The largest absolute Gasteiger partial charge is 0.456 e. The van der Waals surface area contributed by atoms with Gasteiger partial charge in [-0.05, 0) is 59.7 Å². The third kappa shape index (κ3) is 4.32. The van der Waals surface area contributed by atoms with Crippen LogP contribution in [-0.4, -0.2) is 35.0 Å². The normalized spacial score (nSPS) is 24.5. The Balaban J connectivity index is 1.32. The van der Waals surface area contributed by atoms with Crippen LogP contribution >= 0.6 is 0 Å². The number of benzene rings is 3. The third-order valence-electron chi connectivity index (χ3n) is 8.22. The smallest absolute Gasteiger partial charge is 0.310 e. The maximum absolute atomic E-state index is 13.4. The van der Waals surface area contributed by atoms with E-state index in [0.29, 0.717) is 5.92 Å². The molecule has 1 unspecified atom stereocenters. The molecule has 2 bridgehead atoms. The van der Waals surface area contributed by atoms with E-state index in [1.807, 2.05) is 42.6 Å². The topological polar surface area (TPSA) is 42.4 Å². The molecule has 1 aromatic heterocycles. The van der Waals surface area contributed by atoms with Gasteiger partial charge in [0, 0.05) is 23.7 Å². The third-order valence-corrected chi connectivity index (χ3v) is 8.22. The van der Waals surface area contributed by atoms with Crippen molar-refractivity contribution in [2.24, 2.45) is 11.8 Å². The van der Waals surface area contributed by atoms with Crippen molar-refractivity contribution < 1.29 is 9.53 Å². The van der Waals surface area contributed by atoms with Gasteiger partial charge in [-0.1, -0.05) is 74.0 Å². The molecule has 4 heterocycles. The van der Waals surface area contributed by atoms with Gasteiger partial charge in [0.25, 0.3) is 0 Å². The van der Waals surface area contributed by atoms with E-state index in [2.05, 4.69) is 53.2 Å². The average Bonchev–Trinajstić information content (AvgIpc) is 2.91. The maximum Gasteiger partial charge on any atom is 0.310 e. The number of rotatable bonds is 6. The summed E-state index contributed by atoms with van der Waals surface area (Å²) in [5.74, 6) is 1.30. The van der Waals surface area contributed by atoms with Crippen LogP contribution in [0.4, 0.5) is 0 Å². The van der Waals surface area contributed by atoms with Crippen LogP contribution in [0.25, 0.3) is 21.7 Å². The number of aromatic nitrogens is 1. The Kier molecular flexibility index (Phi) is 5.99. The maximum atomic E-state index is 13.4. The Bertz CT molecular complexity index is 1360. The highest BCUT2D eigenvalue weighted by atomic mass is 16.5. The lowest BCUT2D eigenvalue weighted by molar-refractivity contribution is -0.157. The number of piperidine rings is 3. The fourth-order valence-corrected chi connectivity index (χ4v) is 6.37. The molecule has 7 rings (SSSR count). The summed E-state index contributed by atoms with van der Waals surface area (Å²) in [6.45, 7) is 4.50. The minimum absolute atomic E-state index is 0.166. The lowest BCUT2D eigenvalue weighted by Gasteiger charge is -2.51. The van der Waals surface area contributed by atoms with Crippen molar-refractivity contribution in [1.82, 2.24) is 9.88 Å². The molecule has 4 nitrogen and oxygen atoms in total. The van der Waals surface area contributed by atoms with E-state index in [-0.39, 0.29) is 24.5 Å². The number of carbonyl (C=O) groups excluding carboxylic acids is 1. The van der Waals surface area contributed by atoms with Gasteiger partial charge in [-0.25, -0.2) is 0 Å². The van der Waals surface area contributed by atoms with Gasteiger partial charge in [-0.2, -0.15) is 0 Å². The van der Waals surface area contributed by atoms with Gasteiger partial charge in [0.1, 0.15) is 6.10 Å². The fourth-order valence-electron chi connectivity index (χ4n) is 6.37. The number of nitrogens with zero attached hydrogens (tertiary/aromatic N) is 2. The van der Waals surface area contributed by atoms with Crippen molar-refractivity contribution in [2.45, 2.75) is 44.8 Å². The van der Waals surface area contributed by atoms with Crippen LogP contribution in [0.2, 0.25) is 0 Å². The summed E-state index contributed by atoms with van der Waals surface area (Å²) in [5.41, 5.74) is 3.01. The molecule has 5 atom stereocenters. The van der Waals surface area contributed by atoms with Crippen LogP contribution in [0.5, 0.6) is 0 Å². The molecule has 4 heteroatoms. The first kappa shape index (κ1) is 22.2. The molecule has 3 aromatic carbocycles. The molecular formula is C31H32N2O2. The van der Waals surface area contributed by atoms with Gasteiger partial charge >= 0.3 is 5.97 Å². The van der Waals surface area contributed by atoms with E-state index in [0.717, 1.165) is 52.8 Å². The summed E-state index contributed by atoms with van der Waals surface area (Å²) in [6, 6.07) is 24.9.